The average Bonchev–Trinajstić information content (AvgIpc) is 3.11. The highest BCUT2D eigenvalue weighted by Crippen LogP contribution is 2.46. The number of nitrogens with zero attached hydrogens (tertiary/aromatic N) is 2. The molecule has 2 aromatic carbocycles. The number of rotatable bonds is 2. The number of aryl methyl sites for hydroxylation is 1. The highest BCUT2D eigenvalue weighted by Gasteiger charge is 2.53. The third-order valence-electron chi connectivity index (χ3n) is 5.63. The molecule has 2 aliphatic rings. The van der Waals surface area contributed by atoms with Gasteiger partial charge in [0.25, 0.3) is 16.9 Å². The van der Waals surface area contributed by atoms with Gasteiger partial charge in [0.15, 0.2) is 16.3 Å². The van der Waals surface area contributed by atoms with Gasteiger partial charge in [-0.2, -0.15) is 8.10 Å². The van der Waals surface area contributed by atoms with Gasteiger partial charge in [-0.25, -0.2) is 0 Å². The zero-order chi connectivity index (χ0) is 18.8. The number of hydrogen-bond acceptors (Lipinski definition) is 4. The maximum atomic E-state index is 12.8. The summed E-state index contributed by atoms with van der Waals surface area (Å²) in [5, 5.41) is 0.865. The highest BCUT2D eigenvalue weighted by molar-refractivity contribution is 7.86. The molecule has 1 spiro atoms. The lowest BCUT2D eigenvalue weighted by atomic mass is 10.1. The quantitative estimate of drug-likeness (QED) is 0.692. The minimum atomic E-state index is -0.971. The zero-order valence-electron chi connectivity index (χ0n) is 15.0. The number of benzene rings is 2. The molecule has 1 amide bonds. The van der Waals surface area contributed by atoms with Crippen LogP contribution in [0.3, 0.4) is 0 Å². The largest absolute Gasteiger partial charge is 0.451 e. The molecule has 0 aliphatic carbocycles. The minimum Gasteiger partial charge on any atom is -0.451 e. The molecule has 1 aromatic heterocycles. The second-order valence-corrected chi connectivity index (χ2v) is 8.88. The van der Waals surface area contributed by atoms with E-state index in [0.29, 0.717) is 9.47 Å². The van der Waals surface area contributed by atoms with Crippen molar-refractivity contribution < 1.29 is 13.4 Å². The Morgan fingerprint density at radius 2 is 1.93 bits per heavy atom. The molecular formula is C20H20N3O3S+. The first-order valence-electron chi connectivity index (χ1n) is 8.97. The smallest absolute Gasteiger partial charge is 0.284 e. The van der Waals surface area contributed by atoms with Crippen LogP contribution in [0.15, 0.2) is 51.8 Å². The predicted octanol–water partition coefficient (Wildman–Crippen LogP) is 2.70. The molecule has 5 rings (SSSR count). The molecule has 1 saturated heterocycles. The van der Waals surface area contributed by atoms with Gasteiger partial charge < -0.3 is 15.1 Å². The maximum absolute atomic E-state index is 12.8. The number of carbonyl (C=O) groups excluding carboxylic acids is 1. The highest BCUT2D eigenvalue weighted by atomic mass is 32.2. The third-order valence-corrected chi connectivity index (χ3v) is 7.55. The van der Waals surface area contributed by atoms with E-state index in [-0.39, 0.29) is 5.76 Å². The summed E-state index contributed by atoms with van der Waals surface area (Å²) in [6.45, 7) is 5.36. The second kappa shape index (κ2) is 5.68. The van der Waals surface area contributed by atoms with E-state index in [1.807, 2.05) is 30.3 Å². The second-order valence-electron chi connectivity index (χ2n) is 7.24. The first-order chi connectivity index (χ1) is 13.0. The third kappa shape index (κ3) is 2.35. The van der Waals surface area contributed by atoms with Crippen LogP contribution in [-0.4, -0.2) is 36.3 Å². The Bertz CT molecular complexity index is 1110. The summed E-state index contributed by atoms with van der Waals surface area (Å²) in [7, 11) is -0.971. The van der Waals surface area contributed by atoms with Gasteiger partial charge in [0.2, 0.25) is 0 Å². The first-order valence-corrected chi connectivity index (χ1v) is 10.1. The minimum absolute atomic E-state index is 0.174. The molecule has 0 bridgehead atoms. The van der Waals surface area contributed by atoms with Gasteiger partial charge in [-0.15, -0.1) is 0 Å². The molecule has 27 heavy (non-hydrogen) atoms. The lowest BCUT2D eigenvalue weighted by Crippen LogP contribution is -2.66. The van der Waals surface area contributed by atoms with E-state index in [9.17, 15) is 9.00 Å². The van der Waals surface area contributed by atoms with Crippen LogP contribution in [0.1, 0.15) is 16.1 Å². The number of nitrogens with two attached hydrogens (primary N) is 1. The SMILES string of the molecule is Cc1ccc2c(c1)[N+]1(CCN(c3ccc4oc(C(N)=O)cc4c3)CC1)S2=O. The molecule has 3 aromatic rings. The molecule has 1 atom stereocenters. The molecule has 0 saturated carbocycles. The van der Waals surface area contributed by atoms with Crippen molar-refractivity contribution >= 4 is 39.2 Å². The molecule has 2 N–H and O–H groups in total. The normalized spacial score (nSPS) is 20.5. The van der Waals surface area contributed by atoms with E-state index in [4.69, 9.17) is 10.2 Å². The van der Waals surface area contributed by atoms with E-state index in [2.05, 4.69) is 17.9 Å². The van der Waals surface area contributed by atoms with Crippen molar-refractivity contribution in [1.29, 1.82) is 0 Å². The summed E-state index contributed by atoms with van der Waals surface area (Å²) >= 11 is 0. The van der Waals surface area contributed by atoms with Crippen molar-refractivity contribution in [3.8, 4) is 0 Å². The molecule has 0 radical (unpaired) electrons. The van der Waals surface area contributed by atoms with Gasteiger partial charge in [-0.3, -0.25) is 4.79 Å². The van der Waals surface area contributed by atoms with Gasteiger partial charge in [-0.1, -0.05) is 6.07 Å². The van der Waals surface area contributed by atoms with Crippen LogP contribution in [0.25, 0.3) is 11.0 Å². The summed E-state index contributed by atoms with van der Waals surface area (Å²) in [4.78, 5) is 14.6. The summed E-state index contributed by atoms with van der Waals surface area (Å²) in [6, 6.07) is 13.8. The van der Waals surface area contributed by atoms with Gasteiger partial charge in [-0.05, 0) is 42.8 Å². The predicted molar refractivity (Wildman–Crippen MR) is 106 cm³/mol. The van der Waals surface area contributed by atoms with Gasteiger partial charge in [0, 0.05) is 17.1 Å². The molecule has 138 valence electrons. The Morgan fingerprint density at radius 3 is 2.67 bits per heavy atom. The van der Waals surface area contributed by atoms with E-state index in [0.717, 1.165) is 42.1 Å². The Hall–Kier alpha value is -2.64. The lowest BCUT2D eigenvalue weighted by molar-refractivity contribution is 0.0976. The van der Waals surface area contributed by atoms with Crippen molar-refractivity contribution in [2.75, 3.05) is 31.1 Å². The van der Waals surface area contributed by atoms with Crippen molar-refractivity contribution in [3.05, 3.63) is 53.8 Å². The summed E-state index contributed by atoms with van der Waals surface area (Å²) in [5.74, 6) is -0.389. The number of fused-ring (bicyclic) bond motifs is 3. The van der Waals surface area contributed by atoms with Gasteiger partial charge in [0.1, 0.15) is 18.7 Å². The number of furan rings is 1. The molecule has 3 heterocycles. The van der Waals surface area contributed by atoms with Crippen LogP contribution in [0.2, 0.25) is 0 Å². The number of piperazine rings is 1. The van der Waals surface area contributed by atoms with Crippen LogP contribution in [0, 0.1) is 6.92 Å². The Labute approximate surface area is 159 Å². The van der Waals surface area contributed by atoms with Gasteiger partial charge in [0.05, 0.1) is 13.1 Å². The average molecular weight is 382 g/mol. The number of quaternary nitrogens is 1. The molecule has 2 aliphatic heterocycles. The van der Waals surface area contributed by atoms with Crippen LogP contribution in [0.5, 0.6) is 0 Å². The fraction of sp³-hybridized carbons (Fsp3) is 0.250. The standard InChI is InChI=1S/C20H19N3O3S/c1-13-2-5-19-16(10-13)23(27(19)25)8-6-22(7-9-23)15-3-4-17-14(11-15)12-18(26-17)20(21)24/h2-5,10-12H,6-9H2,1H3,(H-,21,24)/p+1. The summed E-state index contributed by atoms with van der Waals surface area (Å²) in [5.41, 5.74) is 9.45. The number of amides is 1. The lowest BCUT2D eigenvalue weighted by Gasteiger charge is -2.48. The Kier molecular flexibility index (Phi) is 3.47. The van der Waals surface area contributed by atoms with E-state index >= 15 is 0 Å². The van der Waals surface area contributed by atoms with Crippen molar-refractivity contribution in [2.45, 2.75) is 11.8 Å². The number of primary amides is 1. The fourth-order valence-corrected chi connectivity index (χ4v) is 5.80. The summed E-state index contributed by atoms with van der Waals surface area (Å²) in [6.07, 6.45) is 0. The zero-order valence-corrected chi connectivity index (χ0v) is 15.8. The number of hydrogen-bond donors (Lipinski definition) is 1. The fourth-order valence-electron chi connectivity index (χ4n) is 4.13. The van der Waals surface area contributed by atoms with Crippen LogP contribution < -0.4 is 14.5 Å². The molecule has 1 unspecified atom stereocenters. The number of anilines is 1. The van der Waals surface area contributed by atoms with Crippen LogP contribution in [0.4, 0.5) is 11.4 Å². The molecule has 6 nitrogen and oxygen atoms in total. The van der Waals surface area contributed by atoms with E-state index < -0.39 is 16.9 Å². The molecular weight excluding hydrogens is 362 g/mol. The Balaban J connectivity index is 1.40. The van der Waals surface area contributed by atoms with Crippen LogP contribution >= 0.6 is 0 Å². The number of carbonyl (C=O) groups is 1. The first kappa shape index (κ1) is 16.5. The van der Waals surface area contributed by atoms with E-state index in [1.165, 1.54) is 11.3 Å². The Morgan fingerprint density at radius 1 is 1.15 bits per heavy atom. The van der Waals surface area contributed by atoms with Crippen molar-refractivity contribution in [1.82, 2.24) is 3.89 Å². The monoisotopic (exact) mass is 382 g/mol. The molecule has 1 fully saturated rings. The molecule has 7 heteroatoms. The maximum Gasteiger partial charge on any atom is 0.284 e. The van der Waals surface area contributed by atoms with Crippen molar-refractivity contribution in [3.63, 3.8) is 0 Å². The topological polar surface area (TPSA) is 76.5 Å². The van der Waals surface area contributed by atoms with E-state index in [1.54, 1.807) is 6.07 Å². The summed E-state index contributed by atoms with van der Waals surface area (Å²) < 4.78 is 18.9. The van der Waals surface area contributed by atoms with Gasteiger partial charge >= 0.3 is 0 Å². The van der Waals surface area contributed by atoms with Crippen LogP contribution in [-0.2, 0) is 11.0 Å². The van der Waals surface area contributed by atoms with Crippen molar-refractivity contribution in [2.24, 2.45) is 5.73 Å².